The lowest BCUT2D eigenvalue weighted by molar-refractivity contribution is -0.277. The molecule has 4 N–H and O–H groups in total. The summed E-state index contributed by atoms with van der Waals surface area (Å²) in [6.07, 6.45) is -2.45. The number of anilines is 2. The summed E-state index contributed by atoms with van der Waals surface area (Å²) in [6.45, 7) is 0.0400. The maximum absolute atomic E-state index is 13.2. The molecule has 33 heavy (non-hydrogen) atoms. The van der Waals surface area contributed by atoms with Crippen LogP contribution in [0.15, 0.2) is 35.6 Å². The molecular formula is C19H21F3N6O4S. The summed E-state index contributed by atoms with van der Waals surface area (Å²) >= 11 is 0. The highest BCUT2D eigenvalue weighted by Crippen LogP contribution is 2.38. The monoisotopic (exact) mass is 486 g/mol. The number of hydrogen-bond donors (Lipinski definition) is 3. The molecule has 0 bridgehead atoms. The second-order valence-electron chi connectivity index (χ2n) is 7.17. The van der Waals surface area contributed by atoms with Crippen LogP contribution in [0.1, 0.15) is 12.5 Å². The fraction of sp³-hybridized carbons (Fsp3) is 0.421. The molecule has 3 heterocycles. The van der Waals surface area contributed by atoms with Crippen molar-refractivity contribution in [3.05, 3.63) is 36.3 Å². The number of sulfonamides is 1. The Labute approximate surface area is 187 Å². The predicted molar refractivity (Wildman–Crippen MR) is 111 cm³/mol. The molecule has 3 rings (SSSR count). The molecule has 0 aliphatic carbocycles. The minimum absolute atomic E-state index is 0.000151. The number of aliphatic hydroxyl groups is 2. The molecule has 1 unspecified atom stereocenters. The lowest BCUT2D eigenvalue weighted by Gasteiger charge is -2.38. The van der Waals surface area contributed by atoms with Crippen molar-refractivity contribution in [2.75, 3.05) is 36.9 Å². The van der Waals surface area contributed by atoms with Crippen LogP contribution < -0.4 is 10.6 Å². The van der Waals surface area contributed by atoms with Crippen molar-refractivity contribution < 1.29 is 31.8 Å². The number of pyridine rings is 1. The van der Waals surface area contributed by atoms with Gasteiger partial charge in [0.05, 0.1) is 6.61 Å². The highest BCUT2D eigenvalue weighted by Gasteiger charge is 2.55. The van der Waals surface area contributed by atoms with Gasteiger partial charge in [-0.25, -0.2) is 23.4 Å². The molecule has 14 heteroatoms. The van der Waals surface area contributed by atoms with Crippen LogP contribution >= 0.6 is 0 Å². The summed E-state index contributed by atoms with van der Waals surface area (Å²) in [5.41, 5.74) is 1.28. The van der Waals surface area contributed by atoms with Gasteiger partial charge < -0.3 is 20.8 Å². The third-order valence-corrected chi connectivity index (χ3v) is 6.97. The van der Waals surface area contributed by atoms with E-state index in [0.717, 1.165) is 18.6 Å². The lowest BCUT2D eigenvalue weighted by atomic mass is 9.97. The van der Waals surface area contributed by atoms with E-state index in [1.165, 1.54) is 16.4 Å². The van der Waals surface area contributed by atoms with Gasteiger partial charge in [0.25, 0.3) is 0 Å². The van der Waals surface area contributed by atoms with Crippen molar-refractivity contribution in [1.29, 1.82) is 0 Å². The first-order valence-electron chi connectivity index (χ1n) is 9.57. The van der Waals surface area contributed by atoms with Crippen molar-refractivity contribution in [3.63, 3.8) is 0 Å². The SMILES string of the molecule is CC#C[C@H]1CN(S(=O)(=O)c2ccc(N)nc2)CCN1c1ncc(C(O)(CO)C(F)(F)F)cn1. The van der Waals surface area contributed by atoms with E-state index in [1.54, 1.807) is 11.8 Å². The quantitative estimate of drug-likeness (QED) is 0.501. The molecule has 0 saturated carbocycles. The van der Waals surface area contributed by atoms with Gasteiger partial charge in [-0.05, 0) is 19.1 Å². The summed E-state index contributed by atoms with van der Waals surface area (Å²) in [6, 6.07) is 2.02. The standard InChI is InChI=1S/C19H21F3N6O4S/c1-2-3-14-11-27(33(31,32)15-4-5-16(23)24-10-15)6-7-28(14)17-25-8-13(9-26-17)18(30,12-29)19(20,21)22/h4-5,8-10,14,29-30H,6-7,11-12H2,1H3,(H2,23,24)/t14-,18?/m0/s1. The van der Waals surface area contributed by atoms with Gasteiger partial charge in [-0.15, -0.1) is 5.92 Å². The Morgan fingerprint density at radius 2 is 1.85 bits per heavy atom. The molecule has 0 amide bonds. The molecule has 1 aliphatic rings. The topological polar surface area (TPSA) is 146 Å². The highest BCUT2D eigenvalue weighted by atomic mass is 32.2. The maximum Gasteiger partial charge on any atom is 0.423 e. The molecule has 1 fully saturated rings. The third-order valence-electron chi connectivity index (χ3n) is 5.12. The normalized spacial score (nSPS) is 19.5. The van der Waals surface area contributed by atoms with E-state index in [0.29, 0.717) is 0 Å². The number of nitrogen functional groups attached to an aromatic ring is 1. The predicted octanol–water partition coefficient (Wildman–Crippen LogP) is 0.0988. The summed E-state index contributed by atoms with van der Waals surface area (Å²) < 4.78 is 66.6. The Morgan fingerprint density at radius 3 is 2.36 bits per heavy atom. The van der Waals surface area contributed by atoms with Gasteiger partial charge in [0.15, 0.2) is 0 Å². The number of aromatic nitrogens is 3. The van der Waals surface area contributed by atoms with Crippen LogP contribution in [0.4, 0.5) is 24.9 Å². The van der Waals surface area contributed by atoms with Crippen molar-refractivity contribution in [2.24, 2.45) is 0 Å². The van der Waals surface area contributed by atoms with Crippen LogP contribution in [0, 0.1) is 11.8 Å². The Hall–Kier alpha value is -2.99. The van der Waals surface area contributed by atoms with E-state index in [1.807, 2.05) is 0 Å². The molecule has 0 radical (unpaired) electrons. The van der Waals surface area contributed by atoms with Crippen molar-refractivity contribution >= 4 is 21.8 Å². The summed E-state index contributed by atoms with van der Waals surface area (Å²) in [5.74, 6) is 5.74. The minimum Gasteiger partial charge on any atom is -0.393 e. The first-order chi connectivity index (χ1) is 15.4. The molecule has 2 aromatic heterocycles. The Morgan fingerprint density at radius 1 is 1.18 bits per heavy atom. The van der Waals surface area contributed by atoms with E-state index >= 15 is 0 Å². The smallest absolute Gasteiger partial charge is 0.393 e. The number of hydrogen-bond acceptors (Lipinski definition) is 9. The number of piperazine rings is 1. The molecule has 178 valence electrons. The van der Waals surface area contributed by atoms with E-state index in [-0.39, 0.29) is 36.3 Å². The average molecular weight is 486 g/mol. The van der Waals surface area contributed by atoms with E-state index in [2.05, 4.69) is 26.8 Å². The van der Waals surface area contributed by atoms with Gasteiger partial charge in [-0.1, -0.05) is 5.92 Å². The number of alkyl halides is 3. The fourth-order valence-electron chi connectivity index (χ4n) is 3.23. The first kappa shape index (κ1) is 24.6. The van der Waals surface area contributed by atoms with Crippen LogP contribution in [-0.2, 0) is 15.6 Å². The maximum atomic E-state index is 13.2. The molecule has 2 aromatic rings. The highest BCUT2D eigenvalue weighted by molar-refractivity contribution is 7.89. The Kier molecular flexibility index (Phi) is 6.80. The second kappa shape index (κ2) is 9.10. The largest absolute Gasteiger partial charge is 0.423 e. The minimum atomic E-state index is -5.14. The molecule has 0 spiro atoms. The first-order valence-corrected chi connectivity index (χ1v) is 11.0. The summed E-state index contributed by atoms with van der Waals surface area (Å²) in [4.78, 5) is 13.1. The van der Waals surface area contributed by atoms with Gasteiger partial charge in [0.2, 0.25) is 21.6 Å². The molecule has 2 atom stereocenters. The molecule has 1 saturated heterocycles. The zero-order chi connectivity index (χ0) is 24.4. The van der Waals surface area contributed by atoms with Crippen molar-refractivity contribution in [3.8, 4) is 11.8 Å². The Balaban J connectivity index is 1.86. The number of aliphatic hydroxyl groups excluding tert-OH is 1. The average Bonchev–Trinajstić information content (AvgIpc) is 2.78. The van der Waals surface area contributed by atoms with Gasteiger partial charge >= 0.3 is 6.18 Å². The van der Waals surface area contributed by atoms with Gasteiger partial charge in [0.1, 0.15) is 16.8 Å². The zero-order valence-corrected chi connectivity index (χ0v) is 18.2. The van der Waals surface area contributed by atoms with Crippen molar-refractivity contribution in [2.45, 2.75) is 29.6 Å². The molecule has 10 nitrogen and oxygen atoms in total. The number of nitrogens with zero attached hydrogens (tertiary/aromatic N) is 5. The van der Waals surface area contributed by atoms with Crippen LogP contribution in [0.3, 0.4) is 0 Å². The summed E-state index contributed by atoms with van der Waals surface area (Å²) in [7, 11) is -3.89. The van der Waals surface area contributed by atoms with Gasteiger partial charge in [0, 0.05) is 43.8 Å². The van der Waals surface area contributed by atoms with E-state index in [9.17, 15) is 26.7 Å². The van der Waals surface area contributed by atoms with Crippen LogP contribution in [0.2, 0.25) is 0 Å². The van der Waals surface area contributed by atoms with Crippen LogP contribution in [0.5, 0.6) is 0 Å². The third kappa shape index (κ3) is 4.71. The second-order valence-corrected chi connectivity index (χ2v) is 9.11. The van der Waals surface area contributed by atoms with Crippen molar-refractivity contribution in [1.82, 2.24) is 19.3 Å². The number of nitrogens with two attached hydrogens (primary N) is 1. The summed E-state index contributed by atoms with van der Waals surface area (Å²) in [5, 5.41) is 18.9. The zero-order valence-electron chi connectivity index (χ0n) is 17.4. The van der Waals surface area contributed by atoms with Gasteiger partial charge in [-0.2, -0.15) is 17.5 Å². The molecule has 1 aliphatic heterocycles. The van der Waals surface area contributed by atoms with Crippen LogP contribution in [0.25, 0.3) is 0 Å². The van der Waals surface area contributed by atoms with Gasteiger partial charge in [-0.3, -0.25) is 0 Å². The number of rotatable bonds is 5. The fourth-order valence-corrected chi connectivity index (χ4v) is 4.61. The van der Waals surface area contributed by atoms with E-state index < -0.39 is 40.0 Å². The Bertz CT molecular complexity index is 1150. The molecular weight excluding hydrogens is 465 g/mol. The van der Waals surface area contributed by atoms with E-state index in [4.69, 9.17) is 10.8 Å². The number of halogens is 3. The molecule has 0 aromatic carbocycles. The van der Waals surface area contributed by atoms with Crippen LogP contribution in [-0.4, -0.2) is 76.3 Å². The lowest BCUT2D eigenvalue weighted by Crippen LogP contribution is -2.55.